The molecule has 4 rings (SSSR count). The number of nitrogens with zero attached hydrogens (tertiary/aromatic N) is 2. The van der Waals surface area contributed by atoms with E-state index in [1.54, 1.807) is 17.0 Å². The summed E-state index contributed by atoms with van der Waals surface area (Å²) in [6, 6.07) is 11.4. The monoisotopic (exact) mass is 424 g/mol. The maximum Gasteiger partial charge on any atom is 0.357 e. The Morgan fingerprint density at radius 2 is 2.13 bits per heavy atom. The first-order valence-electron chi connectivity index (χ1n) is 9.94. The molecule has 3 aromatic rings. The minimum absolute atomic E-state index is 0.00721. The van der Waals surface area contributed by atoms with Crippen molar-refractivity contribution in [2.45, 2.75) is 32.4 Å². The van der Waals surface area contributed by atoms with Gasteiger partial charge in [0, 0.05) is 13.0 Å². The molecule has 1 amide bonds. The first-order chi connectivity index (χ1) is 15.0. The first-order valence-corrected chi connectivity index (χ1v) is 9.94. The molecule has 160 valence electrons. The molecule has 2 heterocycles. The lowest BCUT2D eigenvalue weighted by molar-refractivity contribution is -0.132. The summed E-state index contributed by atoms with van der Waals surface area (Å²) in [5.74, 6) is -0.894. The number of carboxylic acids is 1. The molecule has 1 aromatic heterocycles. The Morgan fingerprint density at radius 3 is 2.84 bits per heavy atom. The number of benzene rings is 2. The van der Waals surface area contributed by atoms with Gasteiger partial charge in [-0.2, -0.15) is 0 Å². The molecule has 1 unspecified atom stereocenters. The molecule has 0 radical (unpaired) electrons. The summed E-state index contributed by atoms with van der Waals surface area (Å²) in [4.78, 5) is 29.2. The Bertz CT molecular complexity index is 1130. The maximum atomic E-state index is 14.0. The van der Waals surface area contributed by atoms with E-state index in [1.807, 2.05) is 25.1 Å². The van der Waals surface area contributed by atoms with Crippen molar-refractivity contribution in [1.82, 2.24) is 9.88 Å². The summed E-state index contributed by atoms with van der Waals surface area (Å²) in [6.07, 6.45) is 2.10. The van der Waals surface area contributed by atoms with Gasteiger partial charge in [-0.05, 0) is 47.4 Å². The highest BCUT2D eigenvalue weighted by Crippen LogP contribution is 2.37. The largest absolute Gasteiger partial charge is 0.484 e. The number of rotatable bonds is 6. The molecule has 2 aromatic carbocycles. The number of carbonyl (C=O) groups is 2. The number of aromatic nitrogens is 1. The second-order valence-corrected chi connectivity index (χ2v) is 7.23. The number of fused-ring (bicyclic) bond motifs is 1. The van der Waals surface area contributed by atoms with E-state index >= 15 is 0 Å². The van der Waals surface area contributed by atoms with Crippen LogP contribution in [0.5, 0.6) is 5.75 Å². The third-order valence-electron chi connectivity index (χ3n) is 5.27. The van der Waals surface area contributed by atoms with Crippen molar-refractivity contribution in [3.63, 3.8) is 0 Å². The van der Waals surface area contributed by atoms with Crippen molar-refractivity contribution < 1.29 is 28.2 Å². The zero-order chi connectivity index (χ0) is 22.0. The number of carbonyl (C=O) groups excluding carboxylic acids is 1. The van der Waals surface area contributed by atoms with E-state index in [0.29, 0.717) is 30.7 Å². The lowest BCUT2D eigenvalue weighted by Gasteiger charge is -2.38. The summed E-state index contributed by atoms with van der Waals surface area (Å²) < 4.78 is 24.8. The Labute approximate surface area is 178 Å². The Morgan fingerprint density at radius 1 is 1.29 bits per heavy atom. The average Bonchev–Trinajstić information content (AvgIpc) is 3.25. The van der Waals surface area contributed by atoms with Crippen LogP contribution in [0.2, 0.25) is 0 Å². The van der Waals surface area contributed by atoms with Crippen LogP contribution in [0.15, 0.2) is 53.1 Å². The smallest absolute Gasteiger partial charge is 0.357 e. The standard InChI is InChI=1S/C23H21FN2O5/c1-2-21(27)26-9-8-14-6-7-17(30-13-20-25-19(12-31-20)23(28)29)11-18(14)22(26)15-4-3-5-16(24)10-15/h3-7,10-12,22H,2,8-9,13H2,1H3,(H,28,29). The van der Waals surface area contributed by atoms with E-state index < -0.39 is 12.0 Å². The number of hydrogen-bond acceptors (Lipinski definition) is 5. The van der Waals surface area contributed by atoms with Crippen molar-refractivity contribution in [2.24, 2.45) is 0 Å². The lowest BCUT2D eigenvalue weighted by Crippen LogP contribution is -2.40. The van der Waals surface area contributed by atoms with Gasteiger partial charge in [0.25, 0.3) is 0 Å². The number of ether oxygens (including phenoxy) is 1. The van der Waals surface area contributed by atoms with E-state index in [1.165, 1.54) is 12.1 Å². The molecule has 8 heteroatoms. The molecule has 0 bridgehead atoms. The van der Waals surface area contributed by atoms with Gasteiger partial charge in [0.2, 0.25) is 11.8 Å². The molecule has 31 heavy (non-hydrogen) atoms. The number of carboxylic acid groups (broad SMARTS) is 1. The minimum atomic E-state index is -1.18. The van der Waals surface area contributed by atoms with Crippen LogP contribution >= 0.6 is 0 Å². The quantitative estimate of drug-likeness (QED) is 0.644. The Hall–Kier alpha value is -3.68. The summed E-state index contributed by atoms with van der Waals surface area (Å²) >= 11 is 0. The predicted octanol–water partition coefficient (Wildman–Crippen LogP) is 3.98. The van der Waals surface area contributed by atoms with Gasteiger partial charge >= 0.3 is 5.97 Å². The normalized spacial score (nSPS) is 15.4. The number of oxazole rings is 1. The zero-order valence-electron chi connectivity index (χ0n) is 16.9. The van der Waals surface area contributed by atoms with E-state index in [9.17, 15) is 14.0 Å². The molecule has 0 saturated carbocycles. The Kier molecular flexibility index (Phi) is 5.70. The van der Waals surface area contributed by atoms with Crippen LogP contribution in [-0.4, -0.2) is 33.4 Å². The molecule has 0 fully saturated rings. The molecule has 0 spiro atoms. The van der Waals surface area contributed by atoms with E-state index in [0.717, 1.165) is 17.4 Å². The fourth-order valence-electron chi connectivity index (χ4n) is 3.81. The van der Waals surface area contributed by atoms with Gasteiger partial charge in [0.05, 0.1) is 6.04 Å². The van der Waals surface area contributed by atoms with Crippen LogP contribution in [-0.2, 0) is 17.8 Å². The molecular weight excluding hydrogens is 403 g/mol. The van der Waals surface area contributed by atoms with Crippen LogP contribution < -0.4 is 4.74 Å². The van der Waals surface area contributed by atoms with Crippen LogP contribution in [0.3, 0.4) is 0 Å². The molecule has 0 aliphatic carbocycles. The number of halogens is 1. The predicted molar refractivity (Wildman–Crippen MR) is 108 cm³/mol. The number of hydrogen-bond donors (Lipinski definition) is 1. The number of aromatic carboxylic acids is 1. The van der Waals surface area contributed by atoms with Crippen LogP contribution in [0, 0.1) is 5.82 Å². The second kappa shape index (κ2) is 8.59. The highest BCUT2D eigenvalue weighted by molar-refractivity contribution is 5.84. The van der Waals surface area contributed by atoms with Gasteiger partial charge in [-0.25, -0.2) is 14.2 Å². The maximum absolute atomic E-state index is 14.0. The second-order valence-electron chi connectivity index (χ2n) is 7.23. The summed E-state index contributed by atoms with van der Waals surface area (Å²) in [6.45, 7) is 2.31. The van der Waals surface area contributed by atoms with Gasteiger partial charge in [0.15, 0.2) is 12.3 Å². The average molecular weight is 424 g/mol. The molecule has 1 aliphatic heterocycles. The molecule has 1 atom stereocenters. The highest BCUT2D eigenvalue weighted by Gasteiger charge is 2.32. The first kappa shape index (κ1) is 20.6. The highest BCUT2D eigenvalue weighted by atomic mass is 19.1. The van der Waals surface area contributed by atoms with Crippen LogP contribution in [0.25, 0.3) is 0 Å². The van der Waals surface area contributed by atoms with Crippen molar-refractivity contribution in [2.75, 3.05) is 6.54 Å². The fourth-order valence-corrected chi connectivity index (χ4v) is 3.81. The summed E-state index contributed by atoms with van der Waals surface area (Å²) in [5, 5.41) is 8.94. The molecule has 0 saturated heterocycles. The molecule has 1 N–H and O–H groups in total. The van der Waals surface area contributed by atoms with Crippen LogP contribution in [0.4, 0.5) is 4.39 Å². The van der Waals surface area contributed by atoms with Crippen molar-refractivity contribution >= 4 is 11.9 Å². The van der Waals surface area contributed by atoms with Gasteiger partial charge < -0.3 is 19.2 Å². The SMILES string of the molecule is CCC(=O)N1CCc2ccc(OCc3nc(C(=O)O)co3)cc2C1c1cccc(F)c1. The molecule has 7 nitrogen and oxygen atoms in total. The molecule has 1 aliphatic rings. The molecular formula is C23H21FN2O5. The van der Waals surface area contributed by atoms with Gasteiger partial charge in [-0.3, -0.25) is 4.79 Å². The van der Waals surface area contributed by atoms with E-state index in [4.69, 9.17) is 14.3 Å². The van der Waals surface area contributed by atoms with Gasteiger partial charge in [-0.15, -0.1) is 0 Å². The minimum Gasteiger partial charge on any atom is -0.484 e. The van der Waals surface area contributed by atoms with Crippen LogP contribution in [0.1, 0.15) is 52.5 Å². The van der Waals surface area contributed by atoms with E-state index in [-0.39, 0.29) is 29.9 Å². The van der Waals surface area contributed by atoms with Crippen molar-refractivity contribution in [3.8, 4) is 5.75 Å². The van der Waals surface area contributed by atoms with E-state index in [2.05, 4.69) is 4.98 Å². The lowest BCUT2D eigenvalue weighted by atomic mass is 9.87. The summed E-state index contributed by atoms with van der Waals surface area (Å²) in [7, 11) is 0. The Balaban J connectivity index is 1.65. The third kappa shape index (κ3) is 4.28. The third-order valence-corrected chi connectivity index (χ3v) is 5.27. The van der Waals surface area contributed by atoms with Crippen molar-refractivity contribution in [3.05, 3.63) is 82.8 Å². The van der Waals surface area contributed by atoms with Gasteiger partial charge in [0.1, 0.15) is 17.8 Å². The summed E-state index contributed by atoms with van der Waals surface area (Å²) in [5.41, 5.74) is 2.43. The topological polar surface area (TPSA) is 92.9 Å². The zero-order valence-corrected chi connectivity index (χ0v) is 16.9. The fraction of sp³-hybridized carbons (Fsp3) is 0.261. The van der Waals surface area contributed by atoms with Crippen molar-refractivity contribution in [1.29, 1.82) is 0 Å². The number of amides is 1. The van der Waals surface area contributed by atoms with Gasteiger partial charge in [-0.1, -0.05) is 25.1 Å².